The summed E-state index contributed by atoms with van der Waals surface area (Å²) in [6, 6.07) is 1.60. The van der Waals surface area contributed by atoms with Crippen molar-refractivity contribution in [1.82, 2.24) is 19.7 Å². The molecule has 0 bridgehead atoms. The van der Waals surface area contributed by atoms with Crippen molar-refractivity contribution < 1.29 is 9.53 Å². The Morgan fingerprint density at radius 2 is 2.16 bits per heavy atom. The van der Waals surface area contributed by atoms with Crippen molar-refractivity contribution in [3.8, 4) is 5.88 Å². The number of nitrogens with zero attached hydrogens (tertiary/aromatic N) is 4. The highest BCUT2D eigenvalue weighted by Gasteiger charge is 2.12. The number of aryl methyl sites for hydroxylation is 1. The van der Waals surface area contributed by atoms with E-state index in [2.05, 4.69) is 25.8 Å². The predicted molar refractivity (Wildman–Crippen MR) is 67.6 cm³/mol. The van der Waals surface area contributed by atoms with Gasteiger partial charge < -0.3 is 15.5 Å². The van der Waals surface area contributed by atoms with Crippen molar-refractivity contribution in [2.24, 2.45) is 12.9 Å². The maximum atomic E-state index is 11.9. The molecule has 0 radical (unpaired) electrons. The Bertz CT molecular complexity index is 578. The lowest BCUT2D eigenvalue weighted by atomic mass is 10.4. The first-order chi connectivity index (χ1) is 9.13. The van der Waals surface area contributed by atoms with Gasteiger partial charge in [0.25, 0.3) is 5.91 Å². The number of hydrogen-bond donors (Lipinski definition) is 3. The van der Waals surface area contributed by atoms with Crippen LogP contribution in [0.2, 0.25) is 0 Å². The van der Waals surface area contributed by atoms with E-state index in [1.54, 1.807) is 13.1 Å². The molecule has 0 aliphatic heterocycles. The number of methoxy groups -OCH3 is 1. The zero-order chi connectivity index (χ0) is 13.8. The number of nitrogens with one attached hydrogen (secondary N) is 2. The molecule has 0 fully saturated rings. The highest BCUT2D eigenvalue weighted by Crippen LogP contribution is 2.15. The molecule has 0 saturated heterocycles. The van der Waals surface area contributed by atoms with Gasteiger partial charge in [0.1, 0.15) is 5.69 Å². The average Bonchev–Trinajstić information content (AvgIpc) is 2.78. The molecule has 9 heteroatoms. The summed E-state index contributed by atoms with van der Waals surface area (Å²) in [5.41, 5.74) is 2.48. The molecule has 2 aromatic rings. The van der Waals surface area contributed by atoms with Crippen molar-refractivity contribution >= 4 is 17.5 Å². The highest BCUT2D eigenvalue weighted by atomic mass is 16.5. The summed E-state index contributed by atoms with van der Waals surface area (Å²) in [6.45, 7) is 0. The number of carbonyl (C=O) groups excluding carboxylic acids is 1. The third kappa shape index (κ3) is 2.77. The number of rotatable bonds is 4. The van der Waals surface area contributed by atoms with Crippen LogP contribution in [-0.4, -0.2) is 32.8 Å². The summed E-state index contributed by atoms with van der Waals surface area (Å²) < 4.78 is 6.54. The number of ether oxygens (including phenoxy) is 1. The standard InChI is InChI=1S/C10H13N7O2/c1-17-9(19-2)3-7(16-17)14-10(18)6-4-13-8(15-11)5-12-6/h3-5H,11H2,1-2H3,(H,13,15)(H,14,16,18). The van der Waals surface area contributed by atoms with Crippen LogP contribution in [0.1, 0.15) is 10.5 Å². The van der Waals surface area contributed by atoms with Crippen molar-refractivity contribution in [3.05, 3.63) is 24.2 Å². The zero-order valence-electron chi connectivity index (χ0n) is 10.4. The van der Waals surface area contributed by atoms with E-state index >= 15 is 0 Å². The monoisotopic (exact) mass is 263 g/mol. The second-order valence-electron chi connectivity index (χ2n) is 3.58. The molecule has 2 aromatic heterocycles. The Morgan fingerprint density at radius 3 is 2.68 bits per heavy atom. The van der Waals surface area contributed by atoms with Crippen LogP contribution in [0.3, 0.4) is 0 Å². The molecule has 0 aromatic carbocycles. The Morgan fingerprint density at radius 1 is 1.37 bits per heavy atom. The van der Waals surface area contributed by atoms with Gasteiger partial charge in [0, 0.05) is 13.1 Å². The van der Waals surface area contributed by atoms with Crippen molar-refractivity contribution in [1.29, 1.82) is 0 Å². The van der Waals surface area contributed by atoms with Gasteiger partial charge in [0.15, 0.2) is 11.6 Å². The Kier molecular flexibility index (Phi) is 3.57. The topological polar surface area (TPSA) is 120 Å². The Hall–Kier alpha value is -2.68. The lowest BCUT2D eigenvalue weighted by Crippen LogP contribution is -2.16. The normalized spacial score (nSPS) is 10.1. The van der Waals surface area contributed by atoms with Crippen molar-refractivity contribution in [3.63, 3.8) is 0 Å². The molecule has 0 aliphatic carbocycles. The maximum Gasteiger partial charge on any atom is 0.277 e. The highest BCUT2D eigenvalue weighted by molar-refractivity contribution is 6.02. The fraction of sp³-hybridized carbons (Fsp3) is 0.200. The first-order valence-electron chi connectivity index (χ1n) is 5.32. The molecular weight excluding hydrogens is 250 g/mol. The molecule has 0 unspecified atom stereocenters. The van der Waals surface area contributed by atoms with Crippen LogP contribution >= 0.6 is 0 Å². The number of carbonyl (C=O) groups is 1. The van der Waals surface area contributed by atoms with Gasteiger partial charge in [0.2, 0.25) is 5.88 Å². The molecular formula is C10H13N7O2. The quantitative estimate of drug-likeness (QED) is 0.514. The van der Waals surface area contributed by atoms with E-state index in [0.29, 0.717) is 17.5 Å². The fourth-order valence-corrected chi connectivity index (χ4v) is 1.40. The molecule has 9 nitrogen and oxygen atoms in total. The number of amides is 1. The summed E-state index contributed by atoms with van der Waals surface area (Å²) in [5, 5.41) is 6.65. The van der Waals surface area contributed by atoms with Crippen LogP contribution in [0.25, 0.3) is 0 Å². The number of aromatic nitrogens is 4. The second kappa shape index (κ2) is 5.31. The van der Waals surface area contributed by atoms with E-state index < -0.39 is 5.91 Å². The molecule has 0 spiro atoms. The molecule has 1 amide bonds. The summed E-state index contributed by atoms with van der Waals surface area (Å²) in [7, 11) is 3.22. The van der Waals surface area contributed by atoms with E-state index in [4.69, 9.17) is 10.6 Å². The molecule has 0 atom stereocenters. The minimum Gasteiger partial charge on any atom is -0.481 e. The molecule has 100 valence electrons. The summed E-state index contributed by atoms with van der Waals surface area (Å²) in [5.74, 6) is 6.01. The summed E-state index contributed by atoms with van der Waals surface area (Å²) in [6.07, 6.45) is 2.67. The van der Waals surface area contributed by atoms with E-state index in [9.17, 15) is 4.79 Å². The largest absolute Gasteiger partial charge is 0.481 e. The second-order valence-corrected chi connectivity index (χ2v) is 3.58. The molecule has 2 heterocycles. The fourth-order valence-electron chi connectivity index (χ4n) is 1.40. The van der Waals surface area contributed by atoms with Gasteiger partial charge >= 0.3 is 0 Å². The van der Waals surface area contributed by atoms with Crippen LogP contribution in [0.4, 0.5) is 11.6 Å². The molecule has 19 heavy (non-hydrogen) atoms. The Balaban J connectivity index is 2.11. The number of nitrogens with two attached hydrogens (primary N) is 1. The minimum absolute atomic E-state index is 0.156. The number of hydrogen-bond acceptors (Lipinski definition) is 7. The summed E-state index contributed by atoms with van der Waals surface area (Å²) in [4.78, 5) is 19.7. The third-order valence-electron chi connectivity index (χ3n) is 2.32. The molecule has 2 rings (SSSR count). The number of hydrazine groups is 1. The van der Waals surface area contributed by atoms with Crippen LogP contribution in [0.5, 0.6) is 5.88 Å². The van der Waals surface area contributed by atoms with Crippen LogP contribution in [0, 0.1) is 0 Å². The van der Waals surface area contributed by atoms with Gasteiger partial charge in [0.05, 0.1) is 19.5 Å². The van der Waals surface area contributed by atoms with Gasteiger partial charge in [-0.25, -0.2) is 20.5 Å². The predicted octanol–water partition coefficient (Wildman–Crippen LogP) is -0.243. The zero-order valence-corrected chi connectivity index (χ0v) is 10.4. The van der Waals surface area contributed by atoms with E-state index in [0.717, 1.165) is 0 Å². The van der Waals surface area contributed by atoms with E-state index in [1.165, 1.54) is 24.2 Å². The van der Waals surface area contributed by atoms with Gasteiger partial charge in [-0.05, 0) is 0 Å². The SMILES string of the molecule is COc1cc(NC(=O)c2cnc(NN)cn2)nn1C. The van der Waals surface area contributed by atoms with Crippen LogP contribution < -0.4 is 21.3 Å². The molecule has 4 N–H and O–H groups in total. The van der Waals surface area contributed by atoms with Gasteiger partial charge in [-0.2, -0.15) is 5.10 Å². The number of anilines is 2. The lowest BCUT2D eigenvalue weighted by Gasteiger charge is -2.01. The van der Waals surface area contributed by atoms with Crippen LogP contribution in [0.15, 0.2) is 18.5 Å². The molecule has 0 saturated carbocycles. The minimum atomic E-state index is -0.420. The van der Waals surface area contributed by atoms with Crippen molar-refractivity contribution in [2.75, 3.05) is 17.9 Å². The first-order valence-corrected chi connectivity index (χ1v) is 5.32. The van der Waals surface area contributed by atoms with Crippen LogP contribution in [-0.2, 0) is 7.05 Å². The van der Waals surface area contributed by atoms with E-state index in [-0.39, 0.29) is 5.69 Å². The third-order valence-corrected chi connectivity index (χ3v) is 2.32. The van der Waals surface area contributed by atoms with Crippen molar-refractivity contribution in [2.45, 2.75) is 0 Å². The van der Waals surface area contributed by atoms with Gasteiger partial charge in [-0.15, -0.1) is 0 Å². The first kappa shape index (κ1) is 12.8. The Labute approximate surface area is 108 Å². The van der Waals surface area contributed by atoms with Gasteiger partial charge in [-0.3, -0.25) is 4.79 Å². The lowest BCUT2D eigenvalue weighted by molar-refractivity contribution is 0.102. The summed E-state index contributed by atoms with van der Waals surface area (Å²) >= 11 is 0. The smallest absolute Gasteiger partial charge is 0.277 e. The average molecular weight is 263 g/mol. The van der Waals surface area contributed by atoms with E-state index in [1.807, 2.05) is 0 Å². The number of nitrogen functional groups attached to an aromatic ring is 1. The molecule has 0 aliphatic rings. The van der Waals surface area contributed by atoms with Gasteiger partial charge in [-0.1, -0.05) is 0 Å². The maximum absolute atomic E-state index is 11.9.